The van der Waals surface area contributed by atoms with E-state index in [4.69, 9.17) is 4.52 Å². The zero-order valence-corrected chi connectivity index (χ0v) is 13.9. The summed E-state index contributed by atoms with van der Waals surface area (Å²) in [6.07, 6.45) is 0.813. The number of amides is 1. The predicted octanol–water partition coefficient (Wildman–Crippen LogP) is 1.33. The Morgan fingerprint density at radius 3 is 2.60 bits per heavy atom. The average molecular weight is 342 g/mol. The molecule has 3 N–H and O–H groups in total. The molecule has 0 unspecified atom stereocenters. The lowest BCUT2D eigenvalue weighted by molar-refractivity contribution is 0.0947. The highest BCUT2D eigenvalue weighted by atomic mass is 16.5. The summed E-state index contributed by atoms with van der Waals surface area (Å²) in [5.41, 5.74) is 0.561. The van der Waals surface area contributed by atoms with E-state index in [-0.39, 0.29) is 12.5 Å². The van der Waals surface area contributed by atoms with Gasteiger partial charge >= 0.3 is 11.1 Å². The first kappa shape index (κ1) is 16.7. The van der Waals surface area contributed by atoms with Crippen LogP contribution >= 0.6 is 0 Å². The second-order valence-corrected chi connectivity index (χ2v) is 6.23. The molecule has 0 aliphatic heterocycles. The van der Waals surface area contributed by atoms with Gasteiger partial charge in [-0.25, -0.2) is 0 Å². The van der Waals surface area contributed by atoms with Crippen LogP contribution in [0.5, 0.6) is 0 Å². The van der Waals surface area contributed by atoms with Crippen LogP contribution in [0, 0.1) is 5.92 Å². The van der Waals surface area contributed by atoms with E-state index >= 15 is 0 Å². The van der Waals surface area contributed by atoms with Crippen molar-refractivity contribution in [3.05, 3.63) is 62.0 Å². The lowest BCUT2D eigenvalue weighted by Crippen LogP contribution is -2.29. The summed E-state index contributed by atoms with van der Waals surface area (Å²) >= 11 is 0. The molecule has 3 rings (SSSR count). The smallest absolute Gasteiger partial charge is 0.314 e. The molecule has 0 spiro atoms. The van der Waals surface area contributed by atoms with E-state index in [1.807, 2.05) is 6.07 Å². The van der Waals surface area contributed by atoms with Gasteiger partial charge in [0, 0.05) is 11.6 Å². The van der Waals surface area contributed by atoms with Crippen LogP contribution in [-0.4, -0.2) is 21.0 Å². The lowest BCUT2D eigenvalue weighted by atomic mass is 10.1. The molecule has 1 aromatic carbocycles. The highest BCUT2D eigenvalue weighted by molar-refractivity contribution is 5.97. The Morgan fingerprint density at radius 1 is 1.16 bits per heavy atom. The topological polar surface area (TPSA) is 121 Å². The number of aromatic amines is 2. The lowest BCUT2D eigenvalue weighted by Gasteiger charge is -2.04. The van der Waals surface area contributed by atoms with E-state index in [1.165, 1.54) is 6.07 Å². The van der Waals surface area contributed by atoms with Crippen LogP contribution < -0.4 is 16.4 Å². The molecule has 0 bridgehead atoms. The molecule has 2 heterocycles. The van der Waals surface area contributed by atoms with Crippen LogP contribution in [0.15, 0.2) is 38.4 Å². The number of H-pyrrole nitrogens is 2. The van der Waals surface area contributed by atoms with E-state index in [9.17, 15) is 14.4 Å². The Balaban J connectivity index is 1.71. The maximum Gasteiger partial charge on any atom is 0.314 e. The van der Waals surface area contributed by atoms with Crippen molar-refractivity contribution in [3.8, 4) is 0 Å². The molecular weight excluding hydrogens is 324 g/mol. The minimum atomic E-state index is -0.760. The quantitative estimate of drug-likeness (QED) is 0.604. The number of hydrogen-bond acceptors (Lipinski definition) is 5. The van der Waals surface area contributed by atoms with E-state index in [0.717, 1.165) is 12.1 Å². The van der Waals surface area contributed by atoms with Crippen LogP contribution in [0.2, 0.25) is 0 Å². The number of carbonyl (C=O) groups is 1. The highest BCUT2D eigenvalue weighted by Gasteiger charge is 2.10. The Kier molecular flexibility index (Phi) is 4.51. The highest BCUT2D eigenvalue weighted by Crippen LogP contribution is 2.11. The van der Waals surface area contributed by atoms with Crippen LogP contribution in [-0.2, 0) is 13.0 Å². The number of fused-ring (bicyclic) bond motifs is 1. The molecule has 0 saturated heterocycles. The molecule has 0 saturated carbocycles. The number of nitrogens with one attached hydrogen (secondary N) is 3. The SMILES string of the molecule is CC(C)Cc1cc(CNC(=O)c2ccc3[nH]c(=O)c(=O)[nH]c3c2)on1. The van der Waals surface area contributed by atoms with Gasteiger partial charge in [-0.15, -0.1) is 0 Å². The molecule has 0 aliphatic carbocycles. The van der Waals surface area contributed by atoms with E-state index < -0.39 is 11.1 Å². The van der Waals surface area contributed by atoms with E-state index in [2.05, 4.69) is 34.3 Å². The summed E-state index contributed by atoms with van der Waals surface area (Å²) in [4.78, 5) is 39.8. The van der Waals surface area contributed by atoms with Crippen molar-refractivity contribution in [2.75, 3.05) is 0 Å². The van der Waals surface area contributed by atoms with Crippen molar-refractivity contribution in [3.63, 3.8) is 0 Å². The Hall–Kier alpha value is -3.16. The Bertz CT molecular complexity index is 1030. The Labute approximate surface area is 142 Å². The van der Waals surface area contributed by atoms with Gasteiger partial charge in [-0.1, -0.05) is 19.0 Å². The normalized spacial score (nSPS) is 11.2. The average Bonchev–Trinajstić information content (AvgIpc) is 3.00. The fraction of sp³-hybridized carbons (Fsp3) is 0.294. The number of benzene rings is 1. The summed E-state index contributed by atoms with van der Waals surface area (Å²) in [5.74, 6) is 0.719. The van der Waals surface area contributed by atoms with Crippen molar-refractivity contribution >= 4 is 16.9 Å². The molecule has 8 nitrogen and oxygen atoms in total. The molecule has 0 atom stereocenters. The van der Waals surface area contributed by atoms with Gasteiger partial charge in [0.15, 0.2) is 5.76 Å². The zero-order valence-electron chi connectivity index (χ0n) is 13.9. The van der Waals surface area contributed by atoms with Gasteiger partial charge < -0.3 is 19.8 Å². The predicted molar refractivity (Wildman–Crippen MR) is 91.4 cm³/mol. The standard InChI is InChI=1S/C17H18N4O4/c1-9(2)5-11-7-12(25-21-11)8-18-15(22)10-3-4-13-14(6-10)20-17(24)16(23)19-13/h3-4,6-7,9H,5,8H2,1-2H3,(H,18,22)(H,19,23)(H,20,24). The number of aromatic nitrogens is 3. The van der Waals surface area contributed by atoms with Crippen LogP contribution in [0.4, 0.5) is 0 Å². The van der Waals surface area contributed by atoms with Crippen molar-refractivity contribution in [2.45, 2.75) is 26.8 Å². The summed E-state index contributed by atoms with van der Waals surface area (Å²) in [6.45, 7) is 4.39. The first-order chi connectivity index (χ1) is 11.9. The summed E-state index contributed by atoms with van der Waals surface area (Å²) in [7, 11) is 0. The number of hydrogen-bond donors (Lipinski definition) is 3. The first-order valence-electron chi connectivity index (χ1n) is 7.91. The summed E-state index contributed by atoms with van der Waals surface area (Å²) < 4.78 is 5.20. The number of carbonyl (C=O) groups excluding carboxylic acids is 1. The summed E-state index contributed by atoms with van der Waals surface area (Å²) in [6, 6.07) is 6.46. The third-order valence-electron chi connectivity index (χ3n) is 3.63. The molecule has 0 fully saturated rings. The van der Waals surface area contributed by atoms with E-state index in [0.29, 0.717) is 28.3 Å². The third-order valence-corrected chi connectivity index (χ3v) is 3.63. The van der Waals surface area contributed by atoms with Crippen LogP contribution in [0.3, 0.4) is 0 Å². The van der Waals surface area contributed by atoms with Gasteiger partial charge in [0.05, 0.1) is 23.3 Å². The molecule has 3 aromatic rings. The minimum absolute atomic E-state index is 0.212. The molecule has 25 heavy (non-hydrogen) atoms. The van der Waals surface area contributed by atoms with Crippen molar-refractivity contribution in [1.82, 2.24) is 20.4 Å². The first-order valence-corrected chi connectivity index (χ1v) is 7.91. The monoisotopic (exact) mass is 342 g/mol. The fourth-order valence-electron chi connectivity index (χ4n) is 2.48. The molecule has 8 heteroatoms. The van der Waals surface area contributed by atoms with Gasteiger partial charge in [-0.05, 0) is 30.5 Å². The van der Waals surface area contributed by atoms with Gasteiger partial charge in [0.1, 0.15) is 0 Å². The molecule has 0 aliphatic rings. The van der Waals surface area contributed by atoms with Gasteiger partial charge in [0.25, 0.3) is 5.91 Å². The van der Waals surface area contributed by atoms with Crippen LogP contribution in [0.25, 0.3) is 11.0 Å². The van der Waals surface area contributed by atoms with Gasteiger partial charge in [0.2, 0.25) is 0 Å². The fourth-order valence-corrected chi connectivity index (χ4v) is 2.48. The van der Waals surface area contributed by atoms with Crippen molar-refractivity contribution in [2.24, 2.45) is 5.92 Å². The largest absolute Gasteiger partial charge is 0.359 e. The zero-order chi connectivity index (χ0) is 18.0. The molecular formula is C17H18N4O4. The van der Waals surface area contributed by atoms with Crippen molar-refractivity contribution in [1.29, 1.82) is 0 Å². The van der Waals surface area contributed by atoms with Crippen LogP contribution in [0.1, 0.15) is 35.7 Å². The third kappa shape index (κ3) is 3.85. The molecule has 1 amide bonds. The van der Waals surface area contributed by atoms with Crippen molar-refractivity contribution < 1.29 is 9.32 Å². The maximum absolute atomic E-state index is 12.3. The molecule has 130 valence electrons. The second kappa shape index (κ2) is 6.76. The van der Waals surface area contributed by atoms with Gasteiger partial charge in [-0.3, -0.25) is 14.4 Å². The molecule has 2 aromatic heterocycles. The van der Waals surface area contributed by atoms with Gasteiger partial charge in [-0.2, -0.15) is 0 Å². The number of nitrogens with zero attached hydrogens (tertiary/aromatic N) is 1. The number of rotatable bonds is 5. The molecule has 0 radical (unpaired) electrons. The van der Waals surface area contributed by atoms with E-state index in [1.54, 1.807) is 12.1 Å². The maximum atomic E-state index is 12.3. The summed E-state index contributed by atoms with van der Waals surface area (Å²) in [5, 5.41) is 6.70. The Morgan fingerprint density at radius 2 is 1.88 bits per heavy atom. The second-order valence-electron chi connectivity index (χ2n) is 6.23. The minimum Gasteiger partial charge on any atom is -0.359 e.